The van der Waals surface area contributed by atoms with E-state index in [1.165, 1.54) is 13.2 Å². The molecule has 0 spiro atoms. The summed E-state index contributed by atoms with van der Waals surface area (Å²) in [6.45, 7) is 3.50. The van der Waals surface area contributed by atoms with Crippen LogP contribution in [0.3, 0.4) is 0 Å². The number of nitro groups is 1. The van der Waals surface area contributed by atoms with Crippen LogP contribution in [-0.4, -0.2) is 43.9 Å². The Kier molecular flexibility index (Phi) is 4.41. The molecule has 0 aromatic heterocycles. The Morgan fingerprint density at radius 2 is 2.35 bits per heavy atom. The fourth-order valence-electron chi connectivity index (χ4n) is 2.25. The third kappa shape index (κ3) is 3.00. The highest BCUT2D eigenvalue weighted by Crippen LogP contribution is 2.33. The van der Waals surface area contributed by atoms with Crippen molar-refractivity contribution in [3.63, 3.8) is 0 Å². The van der Waals surface area contributed by atoms with Gasteiger partial charge >= 0.3 is 0 Å². The van der Waals surface area contributed by atoms with Gasteiger partial charge in [0.15, 0.2) is 0 Å². The summed E-state index contributed by atoms with van der Waals surface area (Å²) in [4.78, 5) is 12.7. The van der Waals surface area contributed by atoms with Crippen LogP contribution in [0.5, 0.6) is 5.75 Å². The Hall–Kier alpha value is -1.86. The average Bonchev–Trinajstić information content (AvgIpc) is 2.46. The first-order valence-corrected chi connectivity index (χ1v) is 6.47. The van der Waals surface area contributed by atoms with E-state index >= 15 is 0 Å². The number of hydrogen-bond acceptors (Lipinski definition) is 6. The predicted molar refractivity (Wildman–Crippen MR) is 75.3 cm³/mol. The number of morpholine rings is 1. The van der Waals surface area contributed by atoms with Crippen LogP contribution in [0, 0.1) is 10.1 Å². The van der Waals surface area contributed by atoms with Crippen molar-refractivity contribution in [2.24, 2.45) is 5.73 Å². The van der Waals surface area contributed by atoms with Gasteiger partial charge in [-0.3, -0.25) is 10.1 Å². The minimum Gasteiger partial charge on any atom is -0.497 e. The van der Waals surface area contributed by atoms with Crippen molar-refractivity contribution in [3.05, 3.63) is 28.3 Å². The first kappa shape index (κ1) is 14.5. The Balaban J connectivity index is 2.32. The van der Waals surface area contributed by atoms with E-state index in [9.17, 15) is 10.1 Å². The third-order valence-corrected chi connectivity index (χ3v) is 3.40. The lowest BCUT2D eigenvalue weighted by atomic mass is 10.1. The molecule has 7 nitrogen and oxygen atoms in total. The molecule has 1 aromatic carbocycles. The van der Waals surface area contributed by atoms with E-state index in [1.54, 1.807) is 12.1 Å². The van der Waals surface area contributed by atoms with Crippen LogP contribution in [0.2, 0.25) is 0 Å². The quantitative estimate of drug-likeness (QED) is 0.657. The van der Waals surface area contributed by atoms with Gasteiger partial charge in [0.25, 0.3) is 5.69 Å². The molecule has 1 saturated heterocycles. The Bertz CT molecular complexity index is 493. The molecular weight excluding hydrogens is 262 g/mol. The highest BCUT2D eigenvalue weighted by Gasteiger charge is 2.28. The van der Waals surface area contributed by atoms with Crippen LogP contribution in [0.15, 0.2) is 18.2 Å². The first-order chi connectivity index (χ1) is 9.52. The molecule has 110 valence electrons. The molecule has 1 fully saturated rings. The topological polar surface area (TPSA) is 90.9 Å². The van der Waals surface area contributed by atoms with Crippen molar-refractivity contribution >= 4 is 11.4 Å². The van der Waals surface area contributed by atoms with E-state index < -0.39 is 0 Å². The van der Waals surface area contributed by atoms with E-state index in [0.717, 1.165) is 0 Å². The van der Waals surface area contributed by atoms with E-state index in [0.29, 0.717) is 31.1 Å². The summed E-state index contributed by atoms with van der Waals surface area (Å²) in [5.41, 5.74) is 6.46. The van der Waals surface area contributed by atoms with Gasteiger partial charge in [0.2, 0.25) is 0 Å². The monoisotopic (exact) mass is 281 g/mol. The minimum atomic E-state index is -0.384. The molecule has 2 rings (SSSR count). The van der Waals surface area contributed by atoms with Crippen molar-refractivity contribution < 1.29 is 14.4 Å². The SMILES string of the molecule is COc1ccc([N+](=O)[O-])c(N2CCOC(C(C)N)C2)c1. The fourth-order valence-corrected chi connectivity index (χ4v) is 2.25. The number of methoxy groups -OCH3 is 1. The second-order valence-corrected chi connectivity index (χ2v) is 4.83. The summed E-state index contributed by atoms with van der Waals surface area (Å²) >= 11 is 0. The number of nitrogens with zero attached hydrogens (tertiary/aromatic N) is 2. The van der Waals surface area contributed by atoms with Gasteiger partial charge < -0.3 is 20.1 Å². The normalized spacial score (nSPS) is 20.6. The average molecular weight is 281 g/mol. The first-order valence-electron chi connectivity index (χ1n) is 6.47. The van der Waals surface area contributed by atoms with Crippen molar-refractivity contribution in [1.29, 1.82) is 0 Å². The number of benzene rings is 1. The van der Waals surface area contributed by atoms with Crippen LogP contribution in [-0.2, 0) is 4.74 Å². The molecule has 2 unspecified atom stereocenters. The third-order valence-electron chi connectivity index (χ3n) is 3.40. The molecule has 0 aliphatic carbocycles. The Morgan fingerprint density at radius 3 is 2.95 bits per heavy atom. The van der Waals surface area contributed by atoms with Crippen LogP contribution >= 0.6 is 0 Å². The summed E-state index contributed by atoms with van der Waals surface area (Å²) in [6.07, 6.45) is -0.130. The van der Waals surface area contributed by atoms with E-state index in [2.05, 4.69) is 0 Å². The van der Waals surface area contributed by atoms with Gasteiger partial charge in [0.05, 0.1) is 24.7 Å². The number of nitro benzene ring substituents is 1. The lowest BCUT2D eigenvalue weighted by Gasteiger charge is -2.35. The molecule has 1 aliphatic rings. The zero-order chi connectivity index (χ0) is 14.7. The zero-order valence-electron chi connectivity index (χ0n) is 11.6. The summed E-state index contributed by atoms with van der Waals surface area (Å²) in [6, 6.07) is 4.61. The van der Waals surface area contributed by atoms with Gasteiger partial charge in [-0.15, -0.1) is 0 Å². The highest BCUT2D eigenvalue weighted by atomic mass is 16.6. The van der Waals surface area contributed by atoms with Gasteiger partial charge in [-0.1, -0.05) is 0 Å². The molecular formula is C13H19N3O4. The summed E-state index contributed by atoms with van der Waals surface area (Å²) < 4.78 is 10.7. The van der Waals surface area contributed by atoms with Gasteiger partial charge in [-0.05, 0) is 13.0 Å². The molecule has 2 N–H and O–H groups in total. The number of nitrogens with two attached hydrogens (primary N) is 1. The van der Waals surface area contributed by atoms with Gasteiger partial charge in [0, 0.05) is 31.3 Å². The molecule has 1 aromatic rings. The molecule has 0 bridgehead atoms. The Morgan fingerprint density at radius 1 is 1.60 bits per heavy atom. The molecule has 7 heteroatoms. The maximum atomic E-state index is 11.2. The lowest BCUT2D eigenvalue weighted by Crippen LogP contribution is -2.49. The molecule has 2 atom stereocenters. The van der Waals surface area contributed by atoms with Crippen LogP contribution in [0.25, 0.3) is 0 Å². The second-order valence-electron chi connectivity index (χ2n) is 4.83. The number of anilines is 1. The van der Waals surface area contributed by atoms with E-state index in [-0.39, 0.29) is 22.8 Å². The van der Waals surface area contributed by atoms with Crippen molar-refractivity contribution in [2.45, 2.75) is 19.1 Å². The molecule has 0 saturated carbocycles. The minimum absolute atomic E-state index is 0.0659. The lowest BCUT2D eigenvalue weighted by molar-refractivity contribution is -0.384. The van der Waals surface area contributed by atoms with Crippen molar-refractivity contribution in [3.8, 4) is 5.75 Å². The van der Waals surface area contributed by atoms with Crippen LogP contribution in [0.4, 0.5) is 11.4 Å². The van der Waals surface area contributed by atoms with Crippen LogP contribution < -0.4 is 15.4 Å². The van der Waals surface area contributed by atoms with Gasteiger partial charge in [0.1, 0.15) is 11.4 Å². The molecule has 0 radical (unpaired) electrons. The largest absolute Gasteiger partial charge is 0.497 e. The maximum absolute atomic E-state index is 11.2. The van der Waals surface area contributed by atoms with E-state index in [4.69, 9.17) is 15.2 Å². The summed E-state index contributed by atoms with van der Waals surface area (Å²) in [7, 11) is 1.54. The fraction of sp³-hybridized carbons (Fsp3) is 0.538. The highest BCUT2D eigenvalue weighted by molar-refractivity contribution is 5.66. The molecule has 0 amide bonds. The number of rotatable bonds is 4. The number of hydrogen-bond donors (Lipinski definition) is 1. The predicted octanol–water partition coefficient (Wildman–Crippen LogP) is 1.16. The Labute approximate surface area is 117 Å². The van der Waals surface area contributed by atoms with Crippen molar-refractivity contribution in [2.75, 3.05) is 31.7 Å². The summed E-state index contributed by atoms with van der Waals surface area (Å²) in [5.74, 6) is 0.592. The number of ether oxygens (including phenoxy) is 2. The second kappa shape index (κ2) is 6.06. The molecule has 1 aliphatic heterocycles. The maximum Gasteiger partial charge on any atom is 0.292 e. The standard InChI is InChI=1S/C13H19N3O4/c1-9(14)13-8-15(5-6-20-13)12-7-10(19-2)3-4-11(12)16(17)18/h3-4,7,9,13H,5-6,8,14H2,1-2H3. The van der Waals surface area contributed by atoms with Gasteiger partial charge in [-0.2, -0.15) is 0 Å². The van der Waals surface area contributed by atoms with Crippen molar-refractivity contribution in [1.82, 2.24) is 0 Å². The smallest absolute Gasteiger partial charge is 0.292 e. The van der Waals surface area contributed by atoms with Crippen LogP contribution in [0.1, 0.15) is 6.92 Å². The van der Waals surface area contributed by atoms with Gasteiger partial charge in [-0.25, -0.2) is 0 Å². The molecule has 1 heterocycles. The zero-order valence-corrected chi connectivity index (χ0v) is 11.6. The van der Waals surface area contributed by atoms with E-state index in [1.807, 2.05) is 11.8 Å². The summed E-state index contributed by atoms with van der Waals surface area (Å²) in [5, 5.41) is 11.2. The molecule has 20 heavy (non-hydrogen) atoms.